The molecule has 2 unspecified atom stereocenters. The molecule has 58 valence electrons. The summed E-state index contributed by atoms with van der Waals surface area (Å²) in [5, 5.41) is 0. The topological polar surface area (TPSA) is 69.7 Å². The highest BCUT2D eigenvalue weighted by Crippen LogP contribution is 2.29. The maximum atomic E-state index is 10.7. The van der Waals surface area contributed by atoms with Crippen molar-refractivity contribution in [3.63, 3.8) is 0 Å². The smallest absolute Gasteiger partial charge is 0.356 e. The predicted octanol–water partition coefficient (Wildman–Crippen LogP) is -0.999. The molecule has 0 aromatic carbocycles. The van der Waals surface area contributed by atoms with Gasteiger partial charge >= 0.3 is 17.9 Å². The molecule has 0 aromatic heterocycles. The average Bonchev–Trinajstić information content (AvgIpc) is 2.38. The summed E-state index contributed by atoms with van der Waals surface area (Å²) in [6.45, 7) is 0. The van der Waals surface area contributed by atoms with Gasteiger partial charge < -0.3 is 9.47 Å². The third kappa shape index (κ3) is 0.736. The van der Waals surface area contributed by atoms with E-state index in [4.69, 9.17) is 0 Å². The third-order valence-corrected chi connectivity index (χ3v) is 1.75. The van der Waals surface area contributed by atoms with Gasteiger partial charge in [-0.25, -0.2) is 4.79 Å². The molecule has 11 heavy (non-hydrogen) atoms. The van der Waals surface area contributed by atoms with Crippen LogP contribution in [-0.4, -0.2) is 24.0 Å². The number of carbonyl (C=O) groups excluding carboxylic acids is 3. The van der Waals surface area contributed by atoms with Crippen LogP contribution in [0.1, 0.15) is 6.42 Å². The predicted molar refractivity (Wildman–Crippen MR) is 29.1 cm³/mol. The number of esters is 3. The first-order valence-electron chi connectivity index (χ1n) is 3.13. The number of hydrogen-bond donors (Lipinski definition) is 0. The Labute approximate surface area is 61.3 Å². The summed E-state index contributed by atoms with van der Waals surface area (Å²) >= 11 is 0. The zero-order valence-corrected chi connectivity index (χ0v) is 5.40. The van der Waals surface area contributed by atoms with Gasteiger partial charge in [0.25, 0.3) is 0 Å². The Morgan fingerprint density at radius 2 is 1.91 bits per heavy atom. The minimum Gasteiger partial charge on any atom is -0.449 e. The summed E-state index contributed by atoms with van der Waals surface area (Å²) in [5.41, 5.74) is 0. The number of cyclic esters (lactones) is 2. The molecule has 2 atom stereocenters. The standard InChI is InChI=1S/C6H4O5/c7-3-1-2-4(10-3)6(9)11-5(2)8/h2,4H,1H2. The summed E-state index contributed by atoms with van der Waals surface area (Å²) in [5.74, 6) is -2.59. The van der Waals surface area contributed by atoms with Crippen molar-refractivity contribution >= 4 is 17.9 Å². The SMILES string of the molecule is O=C1CC2C(=O)OC(=O)C2O1. The molecule has 2 aliphatic rings. The monoisotopic (exact) mass is 156 g/mol. The molecule has 0 saturated carbocycles. The molecule has 0 aromatic rings. The van der Waals surface area contributed by atoms with E-state index >= 15 is 0 Å². The number of hydrogen-bond acceptors (Lipinski definition) is 5. The van der Waals surface area contributed by atoms with Crippen LogP contribution in [-0.2, 0) is 23.9 Å². The van der Waals surface area contributed by atoms with Gasteiger partial charge in [0.15, 0.2) is 0 Å². The minimum absolute atomic E-state index is 0.0325. The minimum atomic E-state index is -0.963. The fourth-order valence-electron chi connectivity index (χ4n) is 1.21. The van der Waals surface area contributed by atoms with Gasteiger partial charge in [0.05, 0.1) is 6.42 Å². The second-order valence-corrected chi connectivity index (χ2v) is 2.46. The highest BCUT2D eigenvalue weighted by molar-refractivity contribution is 6.02. The van der Waals surface area contributed by atoms with Crippen molar-refractivity contribution < 1.29 is 23.9 Å². The number of carbonyl (C=O) groups is 3. The van der Waals surface area contributed by atoms with Gasteiger partial charge in [-0.2, -0.15) is 0 Å². The van der Waals surface area contributed by atoms with E-state index in [0.29, 0.717) is 0 Å². The van der Waals surface area contributed by atoms with E-state index in [0.717, 1.165) is 0 Å². The van der Waals surface area contributed by atoms with E-state index in [1.807, 2.05) is 0 Å². The number of rotatable bonds is 0. The molecule has 0 aliphatic carbocycles. The first kappa shape index (κ1) is 6.33. The van der Waals surface area contributed by atoms with Gasteiger partial charge in [-0.05, 0) is 0 Å². The highest BCUT2D eigenvalue weighted by atomic mass is 16.6. The normalized spacial score (nSPS) is 35.1. The van der Waals surface area contributed by atoms with Crippen LogP contribution in [0.15, 0.2) is 0 Å². The summed E-state index contributed by atoms with van der Waals surface area (Å²) in [6, 6.07) is 0. The largest absolute Gasteiger partial charge is 0.449 e. The lowest BCUT2D eigenvalue weighted by Gasteiger charge is -1.97. The molecule has 0 radical (unpaired) electrons. The van der Waals surface area contributed by atoms with Gasteiger partial charge in [-0.15, -0.1) is 0 Å². The molecular weight excluding hydrogens is 152 g/mol. The van der Waals surface area contributed by atoms with E-state index in [9.17, 15) is 14.4 Å². The van der Waals surface area contributed by atoms with Gasteiger partial charge in [-0.1, -0.05) is 0 Å². The maximum Gasteiger partial charge on any atom is 0.356 e. The Bertz CT molecular complexity index is 232. The van der Waals surface area contributed by atoms with Crippen molar-refractivity contribution in [2.24, 2.45) is 5.92 Å². The van der Waals surface area contributed by atoms with Gasteiger partial charge in [0.2, 0.25) is 6.10 Å². The van der Waals surface area contributed by atoms with Crippen LogP contribution in [0.2, 0.25) is 0 Å². The molecule has 2 saturated heterocycles. The molecule has 0 N–H and O–H groups in total. The van der Waals surface area contributed by atoms with Crippen molar-refractivity contribution in [2.45, 2.75) is 12.5 Å². The van der Waals surface area contributed by atoms with Gasteiger partial charge in [-0.3, -0.25) is 9.59 Å². The molecule has 0 amide bonds. The summed E-state index contributed by atoms with van der Waals surface area (Å²) in [6.07, 6.45) is -0.995. The van der Waals surface area contributed by atoms with E-state index in [2.05, 4.69) is 9.47 Å². The first-order valence-corrected chi connectivity index (χ1v) is 3.13. The van der Waals surface area contributed by atoms with Crippen molar-refractivity contribution in [2.75, 3.05) is 0 Å². The lowest BCUT2D eigenvalue weighted by atomic mass is 10.1. The number of fused-ring (bicyclic) bond motifs is 1. The quantitative estimate of drug-likeness (QED) is 0.332. The van der Waals surface area contributed by atoms with E-state index in [1.54, 1.807) is 0 Å². The Balaban J connectivity index is 2.29. The van der Waals surface area contributed by atoms with Crippen LogP contribution in [0.5, 0.6) is 0 Å². The third-order valence-electron chi connectivity index (χ3n) is 1.75. The van der Waals surface area contributed by atoms with Crippen LogP contribution in [0.4, 0.5) is 0 Å². The average molecular weight is 156 g/mol. The molecule has 2 fully saturated rings. The Hall–Kier alpha value is -1.39. The van der Waals surface area contributed by atoms with E-state index in [-0.39, 0.29) is 6.42 Å². The van der Waals surface area contributed by atoms with E-state index in [1.165, 1.54) is 0 Å². The summed E-state index contributed by atoms with van der Waals surface area (Å²) < 4.78 is 8.76. The van der Waals surface area contributed by atoms with Crippen LogP contribution < -0.4 is 0 Å². The maximum absolute atomic E-state index is 10.7. The Kier molecular flexibility index (Phi) is 1.04. The Morgan fingerprint density at radius 3 is 2.55 bits per heavy atom. The van der Waals surface area contributed by atoms with Crippen molar-refractivity contribution in [1.82, 2.24) is 0 Å². The number of ether oxygens (including phenoxy) is 2. The fraction of sp³-hybridized carbons (Fsp3) is 0.500. The first-order chi connectivity index (χ1) is 5.18. The Morgan fingerprint density at radius 1 is 1.18 bits per heavy atom. The molecule has 5 nitrogen and oxygen atoms in total. The van der Waals surface area contributed by atoms with Gasteiger partial charge in [0.1, 0.15) is 5.92 Å². The molecule has 5 heteroatoms. The lowest BCUT2D eigenvalue weighted by Crippen LogP contribution is -2.19. The van der Waals surface area contributed by atoms with Gasteiger partial charge in [0, 0.05) is 0 Å². The van der Waals surface area contributed by atoms with Crippen LogP contribution in [0.25, 0.3) is 0 Å². The lowest BCUT2D eigenvalue weighted by molar-refractivity contribution is -0.161. The van der Waals surface area contributed by atoms with Crippen molar-refractivity contribution in [1.29, 1.82) is 0 Å². The van der Waals surface area contributed by atoms with E-state index < -0.39 is 29.9 Å². The molecule has 2 heterocycles. The summed E-state index contributed by atoms with van der Waals surface area (Å²) in [7, 11) is 0. The highest BCUT2D eigenvalue weighted by Gasteiger charge is 2.52. The van der Waals surface area contributed by atoms with Crippen LogP contribution >= 0.6 is 0 Å². The summed E-state index contributed by atoms with van der Waals surface area (Å²) in [4.78, 5) is 32.0. The van der Waals surface area contributed by atoms with Crippen molar-refractivity contribution in [3.05, 3.63) is 0 Å². The van der Waals surface area contributed by atoms with Crippen molar-refractivity contribution in [3.8, 4) is 0 Å². The second kappa shape index (κ2) is 1.81. The van der Waals surface area contributed by atoms with Crippen LogP contribution in [0.3, 0.4) is 0 Å². The molecule has 2 rings (SSSR count). The fourth-order valence-corrected chi connectivity index (χ4v) is 1.21. The van der Waals surface area contributed by atoms with Crippen LogP contribution in [0, 0.1) is 5.92 Å². The molecular formula is C6H4O5. The molecule has 0 spiro atoms. The molecule has 0 bridgehead atoms. The second-order valence-electron chi connectivity index (χ2n) is 2.46. The zero-order valence-electron chi connectivity index (χ0n) is 5.40. The zero-order chi connectivity index (χ0) is 8.01. The molecule has 2 aliphatic heterocycles.